The first-order valence-corrected chi connectivity index (χ1v) is 12.4. The summed E-state index contributed by atoms with van der Waals surface area (Å²) in [5.74, 6) is 0.345. The molecule has 0 radical (unpaired) electrons. The average molecular weight is 489 g/mol. The van der Waals surface area contributed by atoms with Crippen molar-refractivity contribution in [1.82, 2.24) is 14.5 Å². The molecule has 2 amide bonds. The highest BCUT2D eigenvalue weighted by atomic mass is 16.2. The number of aryl methyl sites for hydroxylation is 1. The molecule has 0 bridgehead atoms. The largest absolute Gasteiger partial charge is 0.323 e. The monoisotopic (exact) mass is 488 g/mol. The third kappa shape index (κ3) is 3.71. The Morgan fingerprint density at radius 2 is 1.51 bits per heavy atom. The van der Waals surface area contributed by atoms with Crippen LogP contribution in [0.2, 0.25) is 0 Å². The van der Waals surface area contributed by atoms with E-state index in [2.05, 4.69) is 11.5 Å². The summed E-state index contributed by atoms with van der Waals surface area (Å²) in [5.41, 5.74) is 4.43. The zero-order chi connectivity index (χ0) is 25.5. The van der Waals surface area contributed by atoms with Crippen LogP contribution in [0.25, 0.3) is 21.9 Å². The summed E-state index contributed by atoms with van der Waals surface area (Å²) in [6, 6.07) is 22.1. The molecule has 182 valence electrons. The number of imide groups is 1. The van der Waals surface area contributed by atoms with E-state index in [4.69, 9.17) is 9.97 Å². The summed E-state index contributed by atoms with van der Waals surface area (Å²) in [7, 11) is 0. The van der Waals surface area contributed by atoms with Crippen molar-refractivity contribution in [2.75, 3.05) is 4.90 Å². The Hall–Kier alpha value is -4.65. The van der Waals surface area contributed by atoms with E-state index in [1.165, 1.54) is 4.90 Å². The molecule has 3 heterocycles. The number of benzene rings is 3. The molecule has 3 aromatic carbocycles. The Kier molecular flexibility index (Phi) is 5.60. The minimum Gasteiger partial charge on any atom is -0.323 e. The van der Waals surface area contributed by atoms with Crippen molar-refractivity contribution in [2.45, 2.75) is 32.7 Å². The third-order valence-electron chi connectivity index (χ3n) is 6.86. The van der Waals surface area contributed by atoms with Gasteiger partial charge in [-0.15, -0.1) is 0 Å². The van der Waals surface area contributed by atoms with Crippen molar-refractivity contribution in [2.24, 2.45) is 0 Å². The molecule has 0 aliphatic carbocycles. The van der Waals surface area contributed by atoms with Gasteiger partial charge in [-0.3, -0.25) is 14.4 Å². The van der Waals surface area contributed by atoms with Crippen LogP contribution >= 0.6 is 0 Å². The van der Waals surface area contributed by atoms with Crippen LogP contribution < -0.4 is 4.90 Å². The number of hydrogen-bond donors (Lipinski definition) is 0. The SMILES string of the molecule is CCCCc1nc2c(N3C(=O)c4ccccc4C3=O)nc3ccccc3c2n1Cc1ccc(C=O)cc1. The van der Waals surface area contributed by atoms with Gasteiger partial charge in [-0.2, -0.15) is 0 Å². The minimum atomic E-state index is -0.390. The highest BCUT2D eigenvalue weighted by molar-refractivity contribution is 6.35. The summed E-state index contributed by atoms with van der Waals surface area (Å²) in [4.78, 5) is 48.9. The van der Waals surface area contributed by atoms with Gasteiger partial charge in [-0.1, -0.05) is 67.9 Å². The Balaban J connectivity index is 1.60. The zero-order valence-corrected chi connectivity index (χ0v) is 20.3. The van der Waals surface area contributed by atoms with Crippen LogP contribution in [-0.4, -0.2) is 32.6 Å². The molecular weight excluding hydrogens is 464 g/mol. The predicted octanol–water partition coefficient (Wildman–Crippen LogP) is 5.59. The maximum absolute atomic E-state index is 13.4. The summed E-state index contributed by atoms with van der Waals surface area (Å²) in [6.07, 6.45) is 3.52. The number of amides is 2. The molecule has 7 heteroatoms. The Bertz CT molecular complexity index is 1670. The quantitative estimate of drug-likeness (QED) is 0.220. The van der Waals surface area contributed by atoms with Gasteiger partial charge in [0, 0.05) is 23.9 Å². The molecule has 1 aliphatic heterocycles. The van der Waals surface area contributed by atoms with E-state index >= 15 is 0 Å². The molecule has 0 atom stereocenters. The van der Waals surface area contributed by atoms with Crippen LogP contribution in [0.4, 0.5) is 5.82 Å². The molecule has 2 aromatic heterocycles. The number of para-hydroxylation sites is 1. The maximum Gasteiger partial charge on any atom is 0.267 e. The first kappa shape index (κ1) is 22.8. The van der Waals surface area contributed by atoms with Crippen molar-refractivity contribution in [3.05, 3.63) is 101 Å². The van der Waals surface area contributed by atoms with Gasteiger partial charge in [0.05, 0.1) is 22.2 Å². The topological polar surface area (TPSA) is 85.2 Å². The van der Waals surface area contributed by atoms with Gasteiger partial charge in [-0.05, 0) is 30.2 Å². The summed E-state index contributed by atoms with van der Waals surface area (Å²) in [5, 5.41) is 0.901. The molecule has 0 saturated heterocycles. The smallest absolute Gasteiger partial charge is 0.267 e. The fourth-order valence-corrected chi connectivity index (χ4v) is 4.98. The number of nitrogens with zero attached hydrogens (tertiary/aromatic N) is 4. The first-order valence-electron chi connectivity index (χ1n) is 12.4. The molecule has 37 heavy (non-hydrogen) atoms. The number of unbranched alkanes of at least 4 members (excludes halogenated alkanes) is 1. The number of pyridine rings is 1. The number of imidazole rings is 1. The van der Waals surface area contributed by atoms with Crippen molar-refractivity contribution >= 4 is 45.9 Å². The highest BCUT2D eigenvalue weighted by Crippen LogP contribution is 2.36. The first-order chi connectivity index (χ1) is 18.1. The number of carbonyl (C=O) groups excluding carboxylic acids is 3. The van der Waals surface area contributed by atoms with Gasteiger partial charge in [0.1, 0.15) is 17.6 Å². The van der Waals surface area contributed by atoms with Gasteiger partial charge in [0.15, 0.2) is 5.82 Å². The maximum atomic E-state index is 13.4. The fourth-order valence-electron chi connectivity index (χ4n) is 4.98. The number of fused-ring (bicyclic) bond motifs is 4. The van der Waals surface area contributed by atoms with Gasteiger partial charge < -0.3 is 4.57 Å². The lowest BCUT2D eigenvalue weighted by Crippen LogP contribution is -2.30. The standard InChI is InChI=1S/C30H24N4O3/c1-2-3-12-25-32-26-27(33(25)17-19-13-15-20(18-35)16-14-19)23-10-6-7-11-24(23)31-28(26)34-29(36)21-8-4-5-9-22(21)30(34)37/h4-11,13-16,18H,2-3,12,17H2,1H3. The normalized spacial score (nSPS) is 13.1. The van der Waals surface area contributed by atoms with Gasteiger partial charge in [0.2, 0.25) is 0 Å². The molecule has 0 unspecified atom stereocenters. The lowest BCUT2D eigenvalue weighted by Gasteiger charge is -2.16. The van der Waals surface area contributed by atoms with Crippen molar-refractivity contribution in [3.63, 3.8) is 0 Å². The van der Waals surface area contributed by atoms with Crippen molar-refractivity contribution in [3.8, 4) is 0 Å². The molecule has 0 N–H and O–H groups in total. The molecular formula is C30H24N4O3. The molecule has 7 nitrogen and oxygen atoms in total. The number of carbonyl (C=O) groups is 3. The fraction of sp³-hybridized carbons (Fsp3) is 0.167. The van der Waals surface area contributed by atoms with Gasteiger partial charge in [-0.25, -0.2) is 14.9 Å². The number of hydrogen-bond acceptors (Lipinski definition) is 5. The summed E-state index contributed by atoms with van der Waals surface area (Å²) < 4.78 is 2.16. The van der Waals surface area contributed by atoms with Crippen LogP contribution in [-0.2, 0) is 13.0 Å². The summed E-state index contributed by atoms with van der Waals surface area (Å²) in [6.45, 7) is 2.66. The minimum absolute atomic E-state index is 0.257. The zero-order valence-electron chi connectivity index (χ0n) is 20.3. The molecule has 0 fully saturated rings. The molecule has 0 saturated carbocycles. The number of anilines is 1. The molecule has 0 spiro atoms. The predicted molar refractivity (Wildman–Crippen MR) is 142 cm³/mol. The third-order valence-corrected chi connectivity index (χ3v) is 6.86. The molecule has 1 aliphatic rings. The highest BCUT2D eigenvalue weighted by Gasteiger charge is 2.39. The van der Waals surface area contributed by atoms with Gasteiger partial charge in [0.25, 0.3) is 11.8 Å². The van der Waals surface area contributed by atoms with Crippen molar-refractivity contribution in [1.29, 1.82) is 0 Å². The van der Waals surface area contributed by atoms with E-state index < -0.39 is 11.8 Å². The Morgan fingerprint density at radius 3 is 2.19 bits per heavy atom. The second kappa shape index (κ2) is 9.09. The average Bonchev–Trinajstić information content (AvgIpc) is 3.42. The lowest BCUT2D eigenvalue weighted by molar-refractivity contribution is 0.0925. The van der Waals surface area contributed by atoms with E-state index in [0.29, 0.717) is 34.3 Å². The summed E-state index contributed by atoms with van der Waals surface area (Å²) >= 11 is 0. The van der Waals surface area contributed by atoms with E-state index in [1.54, 1.807) is 36.4 Å². The van der Waals surface area contributed by atoms with Gasteiger partial charge >= 0.3 is 0 Å². The molecule has 5 aromatic rings. The van der Waals surface area contributed by atoms with Crippen LogP contribution in [0.5, 0.6) is 0 Å². The Morgan fingerprint density at radius 1 is 0.838 bits per heavy atom. The van der Waals surface area contributed by atoms with E-state index in [-0.39, 0.29) is 5.82 Å². The Labute approximate surface area is 213 Å². The second-order valence-corrected chi connectivity index (χ2v) is 9.22. The van der Waals surface area contributed by atoms with Crippen molar-refractivity contribution < 1.29 is 14.4 Å². The van der Waals surface area contributed by atoms with E-state index in [1.807, 2.05) is 36.4 Å². The molecule has 6 rings (SSSR count). The van der Waals surface area contributed by atoms with Crippen LogP contribution in [0.1, 0.15) is 62.2 Å². The van der Waals surface area contributed by atoms with Crippen LogP contribution in [0, 0.1) is 0 Å². The number of aldehydes is 1. The van der Waals surface area contributed by atoms with Crippen LogP contribution in [0.15, 0.2) is 72.8 Å². The lowest BCUT2D eigenvalue weighted by atomic mass is 10.1. The van der Waals surface area contributed by atoms with E-state index in [9.17, 15) is 14.4 Å². The number of aromatic nitrogens is 3. The van der Waals surface area contributed by atoms with E-state index in [0.717, 1.165) is 47.8 Å². The number of rotatable bonds is 7. The van der Waals surface area contributed by atoms with Crippen LogP contribution in [0.3, 0.4) is 0 Å². The second-order valence-electron chi connectivity index (χ2n) is 9.22.